The molecule has 0 unspecified atom stereocenters. The number of halogens is 5. The highest BCUT2D eigenvalue weighted by Gasteiger charge is 2.35. The zero-order valence-corrected chi connectivity index (χ0v) is 9.09. The van der Waals surface area contributed by atoms with Gasteiger partial charge in [0.15, 0.2) is 0 Å². The Kier molecular flexibility index (Phi) is 4.20. The fourth-order valence-corrected chi connectivity index (χ4v) is 1.25. The number of esters is 1. The maximum atomic E-state index is 12.6. The molecule has 1 heterocycles. The van der Waals surface area contributed by atoms with Gasteiger partial charge in [-0.05, 0) is 11.6 Å². The first-order valence-corrected chi connectivity index (χ1v) is 4.66. The number of pyridine rings is 1. The van der Waals surface area contributed by atoms with E-state index in [0.29, 0.717) is 6.20 Å². The van der Waals surface area contributed by atoms with Crippen molar-refractivity contribution in [3.05, 3.63) is 29.1 Å². The van der Waals surface area contributed by atoms with E-state index in [1.807, 2.05) is 0 Å². The van der Waals surface area contributed by atoms with Crippen molar-refractivity contribution >= 4 is 5.97 Å². The summed E-state index contributed by atoms with van der Waals surface area (Å²) in [5.74, 6) is -0.910. The molecule has 0 radical (unpaired) electrons. The predicted molar refractivity (Wildman–Crippen MR) is 49.9 cm³/mol. The van der Waals surface area contributed by atoms with Gasteiger partial charge in [0.2, 0.25) is 0 Å². The lowest BCUT2D eigenvalue weighted by molar-refractivity contribution is -0.141. The van der Waals surface area contributed by atoms with Crippen molar-refractivity contribution in [2.75, 3.05) is 7.11 Å². The molecule has 1 rings (SSSR count). The largest absolute Gasteiger partial charge is 0.469 e. The number of hydrogen-bond acceptors (Lipinski definition) is 3. The number of aromatic nitrogens is 1. The Morgan fingerprint density at radius 1 is 1.44 bits per heavy atom. The number of ether oxygens (including phenoxy) is 1. The molecule has 1 aromatic heterocycles. The minimum atomic E-state index is -4.84. The van der Waals surface area contributed by atoms with E-state index in [1.165, 1.54) is 0 Å². The van der Waals surface area contributed by atoms with Gasteiger partial charge in [-0.2, -0.15) is 13.2 Å². The monoisotopic (exact) mass is 269 g/mol. The van der Waals surface area contributed by atoms with E-state index in [0.717, 1.165) is 7.11 Å². The fraction of sp³-hybridized carbons (Fsp3) is 0.400. The third-order valence-electron chi connectivity index (χ3n) is 2.10. The van der Waals surface area contributed by atoms with Crippen LogP contribution in [0.4, 0.5) is 22.0 Å². The van der Waals surface area contributed by atoms with Crippen molar-refractivity contribution in [1.29, 1.82) is 0 Å². The minimum absolute atomic E-state index is 0.239. The van der Waals surface area contributed by atoms with Crippen LogP contribution in [0.1, 0.15) is 23.2 Å². The van der Waals surface area contributed by atoms with E-state index in [2.05, 4.69) is 9.72 Å². The minimum Gasteiger partial charge on any atom is -0.469 e. The topological polar surface area (TPSA) is 39.2 Å². The third kappa shape index (κ3) is 3.38. The molecule has 100 valence electrons. The summed E-state index contributed by atoms with van der Waals surface area (Å²) in [5, 5.41) is 0. The van der Waals surface area contributed by atoms with E-state index >= 15 is 0 Å². The summed E-state index contributed by atoms with van der Waals surface area (Å²) < 4.78 is 66.6. The quantitative estimate of drug-likeness (QED) is 0.625. The van der Waals surface area contributed by atoms with Crippen molar-refractivity contribution in [3.8, 4) is 0 Å². The third-order valence-corrected chi connectivity index (χ3v) is 2.10. The molecular weight excluding hydrogens is 261 g/mol. The lowest BCUT2D eigenvalue weighted by Crippen LogP contribution is -2.15. The normalized spacial score (nSPS) is 11.7. The number of nitrogens with zero attached hydrogens (tertiary/aromatic N) is 1. The molecular formula is C10H8F5NO2. The summed E-state index contributed by atoms with van der Waals surface area (Å²) in [6.07, 6.45) is -8.02. The summed E-state index contributed by atoms with van der Waals surface area (Å²) in [6.45, 7) is 0. The van der Waals surface area contributed by atoms with Crippen LogP contribution in [0.5, 0.6) is 0 Å². The maximum absolute atomic E-state index is 12.6. The van der Waals surface area contributed by atoms with Crippen molar-refractivity contribution in [2.24, 2.45) is 0 Å². The second-order valence-corrected chi connectivity index (χ2v) is 3.32. The summed E-state index contributed by atoms with van der Waals surface area (Å²) in [5.41, 5.74) is -2.80. The van der Waals surface area contributed by atoms with Crippen molar-refractivity contribution in [3.63, 3.8) is 0 Å². The first-order valence-electron chi connectivity index (χ1n) is 4.66. The van der Waals surface area contributed by atoms with Crippen LogP contribution in [0.25, 0.3) is 0 Å². The highest BCUT2D eigenvalue weighted by atomic mass is 19.4. The first kappa shape index (κ1) is 14.3. The van der Waals surface area contributed by atoms with Gasteiger partial charge in [0.25, 0.3) is 6.43 Å². The number of hydrogen-bond donors (Lipinski definition) is 0. The van der Waals surface area contributed by atoms with E-state index in [9.17, 15) is 26.7 Å². The molecule has 0 N–H and O–H groups in total. The summed E-state index contributed by atoms with van der Waals surface area (Å²) in [4.78, 5) is 14.1. The van der Waals surface area contributed by atoms with Gasteiger partial charge in [-0.15, -0.1) is 0 Å². The number of rotatable bonds is 3. The number of carbonyl (C=O) groups excluding carboxylic acids is 1. The summed E-state index contributed by atoms with van der Waals surface area (Å²) >= 11 is 0. The Hall–Kier alpha value is -1.73. The first-order chi connectivity index (χ1) is 8.25. The van der Waals surface area contributed by atoms with Gasteiger partial charge in [-0.1, -0.05) is 0 Å². The van der Waals surface area contributed by atoms with E-state index in [1.54, 1.807) is 0 Å². The van der Waals surface area contributed by atoms with E-state index in [4.69, 9.17) is 0 Å². The average Bonchev–Trinajstić information content (AvgIpc) is 2.27. The zero-order valence-electron chi connectivity index (χ0n) is 9.09. The van der Waals surface area contributed by atoms with Crippen molar-refractivity contribution in [1.82, 2.24) is 4.98 Å². The Morgan fingerprint density at radius 2 is 2.06 bits per heavy atom. The van der Waals surface area contributed by atoms with Crippen LogP contribution < -0.4 is 0 Å². The highest BCUT2D eigenvalue weighted by molar-refractivity contribution is 5.72. The Morgan fingerprint density at radius 3 is 2.50 bits per heavy atom. The molecule has 0 bridgehead atoms. The SMILES string of the molecule is COC(=O)Cc1cnc(C(F)F)cc1C(F)(F)F. The van der Waals surface area contributed by atoms with Crippen LogP contribution in [0.15, 0.2) is 12.3 Å². The van der Waals surface area contributed by atoms with Crippen molar-refractivity contribution in [2.45, 2.75) is 19.0 Å². The lowest BCUT2D eigenvalue weighted by atomic mass is 10.1. The molecule has 8 heteroatoms. The Labute approximate surface area is 98.6 Å². The van der Waals surface area contributed by atoms with Crippen LogP contribution in [-0.2, 0) is 22.1 Å². The van der Waals surface area contributed by atoms with Gasteiger partial charge in [0.05, 0.1) is 19.1 Å². The van der Waals surface area contributed by atoms with Crippen LogP contribution in [0.2, 0.25) is 0 Å². The lowest BCUT2D eigenvalue weighted by Gasteiger charge is -2.13. The smallest absolute Gasteiger partial charge is 0.416 e. The van der Waals surface area contributed by atoms with Gasteiger partial charge in [-0.25, -0.2) is 8.78 Å². The van der Waals surface area contributed by atoms with Gasteiger partial charge < -0.3 is 4.74 Å². The van der Waals surface area contributed by atoms with Gasteiger partial charge in [0.1, 0.15) is 5.69 Å². The van der Waals surface area contributed by atoms with Crippen LogP contribution in [0.3, 0.4) is 0 Å². The number of alkyl halides is 5. The molecule has 3 nitrogen and oxygen atoms in total. The molecule has 0 saturated heterocycles. The van der Waals surface area contributed by atoms with Gasteiger partial charge in [-0.3, -0.25) is 9.78 Å². The second kappa shape index (κ2) is 5.28. The van der Waals surface area contributed by atoms with E-state index < -0.39 is 41.8 Å². The Balaban J connectivity index is 3.21. The second-order valence-electron chi connectivity index (χ2n) is 3.32. The molecule has 18 heavy (non-hydrogen) atoms. The number of methoxy groups -OCH3 is 1. The summed E-state index contributed by atoms with van der Waals surface area (Å²) in [7, 11) is 1.01. The highest BCUT2D eigenvalue weighted by Crippen LogP contribution is 2.34. The fourth-order valence-electron chi connectivity index (χ4n) is 1.25. The Bertz CT molecular complexity index is 444. The van der Waals surface area contributed by atoms with Gasteiger partial charge >= 0.3 is 12.1 Å². The predicted octanol–water partition coefficient (Wildman–Crippen LogP) is 2.75. The molecule has 0 aromatic carbocycles. The zero-order chi connectivity index (χ0) is 13.9. The molecule has 0 atom stereocenters. The van der Waals surface area contributed by atoms with Crippen molar-refractivity contribution < 1.29 is 31.5 Å². The standard InChI is InChI=1S/C10H8F5NO2/c1-18-8(17)2-5-4-16-7(9(11)12)3-6(5)10(13,14)15/h3-4,9H,2H2,1H3. The maximum Gasteiger partial charge on any atom is 0.416 e. The van der Waals surface area contributed by atoms with Crippen LogP contribution in [-0.4, -0.2) is 18.1 Å². The van der Waals surface area contributed by atoms with Crippen LogP contribution in [0, 0.1) is 0 Å². The molecule has 0 amide bonds. The molecule has 0 aliphatic carbocycles. The summed E-state index contributed by atoms with van der Waals surface area (Å²) in [6, 6.07) is 0.239. The van der Waals surface area contributed by atoms with Gasteiger partial charge in [0, 0.05) is 6.20 Å². The molecule has 0 saturated carbocycles. The molecule has 0 fully saturated rings. The van der Waals surface area contributed by atoms with Crippen LogP contribution >= 0.6 is 0 Å². The van der Waals surface area contributed by atoms with E-state index in [-0.39, 0.29) is 6.07 Å². The average molecular weight is 269 g/mol. The molecule has 0 aliphatic rings. The number of carbonyl (C=O) groups is 1. The molecule has 0 aliphatic heterocycles. The molecule has 0 spiro atoms. The molecule has 1 aromatic rings.